The van der Waals surface area contributed by atoms with Crippen molar-refractivity contribution in [3.8, 4) is 0 Å². The standard InChI is InChI=1S/C12H15N3OS/c16-6-3-9-2-1-5-15(9)12-11-10(4-7-17-11)13-8-14-12/h4,7-9,16H,1-3,5-6H2. The largest absolute Gasteiger partial charge is 0.396 e. The fourth-order valence-electron chi connectivity index (χ4n) is 2.54. The Kier molecular flexibility index (Phi) is 2.94. The molecule has 1 aliphatic rings. The number of thiophene rings is 1. The molecule has 1 unspecified atom stereocenters. The van der Waals surface area contributed by atoms with Crippen LogP contribution in [0.4, 0.5) is 5.82 Å². The topological polar surface area (TPSA) is 49.2 Å². The summed E-state index contributed by atoms with van der Waals surface area (Å²) in [6, 6.07) is 2.46. The predicted octanol–water partition coefficient (Wildman–Crippen LogP) is 2.04. The molecule has 0 bridgehead atoms. The highest BCUT2D eigenvalue weighted by Crippen LogP contribution is 2.33. The number of fused-ring (bicyclic) bond motifs is 1. The highest BCUT2D eigenvalue weighted by molar-refractivity contribution is 7.17. The minimum Gasteiger partial charge on any atom is -0.396 e. The monoisotopic (exact) mass is 249 g/mol. The number of nitrogens with zero attached hydrogens (tertiary/aromatic N) is 3. The molecule has 2 aromatic heterocycles. The molecule has 0 aliphatic carbocycles. The van der Waals surface area contributed by atoms with Gasteiger partial charge in [-0.15, -0.1) is 11.3 Å². The van der Waals surface area contributed by atoms with Gasteiger partial charge in [0.05, 0.1) is 10.2 Å². The van der Waals surface area contributed by atoms with E-state index in [-0.39, 0.29) is 6.61 Å². The van der Waals surface area contributed by atoms with Crippen molar-refractivity contribution in [3.63, 3.8) is 0 Å². The van der Waals surface area contributed by atoms with Crippen molar-refractivity contribution in [3.05, 3.63) is 17.8 Å². The van der Waals surface area contributed by atoms with Gasteiger partial charge in [0, 0.05) is 19.2 Å². The maximum absolute atomic E-state index is 9.11. The summed E-state index contributed by atoms with van der Waals surface area (Å²) in [6.07, 6.45) is 4.80. The Balaban J connectivity index is 1.99. The molecule has 1 saturated heterocycles. The van der Waals surface area contributed by atoms with Gasteiger partial charge >= 0.3 is 0 Å². The molecule has 1 N–H and O–H groups in total. The first kappa shape index (κ1) is 10.9. The number of aromatic nitrogens is 2. The summed E-state index contributed by atoms with van der Waals surface area (Å²) in [5.74, 6) is 1.04. The number of anilines is 1. The van der Waals surface area contributed by atoms with E-state index in [9.17, 15) is 0 Å². The summed E-state index contributed by atoms with van der Waals surface area (Å²) in [6.45, 7) is 1.29. The molecule has 0 saturated carbocycles. The molecule has 0 radical (unpaired) electrons. The van der Waals surface area contributed by atoms with E-state index in [1.807, 2.05) is 6.07 Å². The molecule has 4 nitrogen and oxygen atoms in total. The molecule has 3 rings (SSSR count). The maximum Gasteiger partial charge on any atom is 0.150 e. The first-order valence-corrected chi connectivity index (χ1v) is 6.84. The summed E-state index contributed by atoms with van der Waals surface area (Å²) < 4.78 is 1.16. The van der Waals surface area contributed by atoms with Crippen molar-refractivity contribution in [2.45, 2.75) is 25.3 Å². The third-order valence-electron chi connectivity index (χ3n) is 3.34. The van der Waals surface area contributed by atoms with Crippen LogP contribution < -0.4 is 4.90 Å². The molecule has 0 aromatic carbocycles. The number of aliphatic hydroxyl groups excluding tert-OH is 1. The van der Waals surface area contributed by atoms with Gasteiger partial charge < -0.3 is 10.0 Å². The van der Waals surface area contributed by atoms with Gasteiger partial charge in [0.15, 0.2) is 0 Å². The third kappa shape index (κ3) is 1.89. The van der Waals surface area contributed by atoms with Crippen LogP contribution in [0.15, 0.2) is 17.8 Å². The predicted molar refractivity (Wildman–Crippen MR) is 69.5 cm³/mol. The summed E-state index contributed by atoms with van der Waals surface area (Å²) in [7, 11) is 0. The Labute approximate surface area is 104 Å². The van der Waals surface area contributed by atoms with Crippen molar-refractivity contribution in [1.29, 1.82) is 0 Å². The summed E-state index contributed by atoms with van der Waals surface area (Å²) in [5.41, 5.74) is 1.02. The van der Waals surface area contributed by atoms with E-state index in [4.69, 9.17) is 5.11 Å². The smallest absolute Gasteiger partial charge is 0.150 e. The lowest BCUT2D eigenvalue weighted by Gasteiger charge is -2.25. The van der Waals surface area contributed by atoms with Crippen LogP contribution in [0.25, 0.3) is 10.2 Å². The van der Waals surface area contributed by atoms with Gasteiger partial charge in [-0.25, -0.2) is 9.97 Å². The van der Waals surface area contributed by atoms with Crippen molar-refractivity contribution >= 4 is 27.4 Å². The van der Waals surface area contributed by atoms with Gasteiger partial charge in [0.25, 0.3) is 0 Å². The Morgan fingerprint density at radius 3 is 3.29 bits per heavy atom. The molecule has 90 valence electrons. The van der Waals surface area contributed by atoms with Crippen molar-refractivity contribution in [1.82, 2.24) is 9.97 Å². The normalized spacial score (nSPS) is 20.3. The zero-order valence-corrected chi connectivity index (χ0v) is 10.4. The highest BCUT2D eigenvalue weighted by atomic mass is 32.1. The Hall–Kier alpha value is -1.20. The Morgan fingerprint density at radius 1 is 1.47 bits per heavy atom. The lowest BCUT2D eigenvalue weighted by Crippen LogP contribution is -2.30. The summed E-state index contributed by atoms with van der Waals surface area (Å²) in [5, 5.41) is 11.2. The zero-order valence-electron chi connectivity index (χ0n) is 9.54. The van der Waals surface area contributed by atoms with Crippen LogP contribution in [0.5, 0.6) is 0 Å². The minimum absolute atomic E-state index is 0.250. The first-order chi connectivity index (χ1) is 8.40. The van der Waals surface area contributed by atoms with Crippen LogP contribution in [0, 0.1) is 0 Å². The fourth-order valence-corrected chi connectivity index (χ4v) is 3.39. The molecule has 1 fully saturated rings. The van der Waals surface area contributed by atoms with E-state index in [1.54, 1.807) is 17.7 Å². The van der Waals surface area contributed by atoms with Crippen LogP contribution >= 0.6 is 11.3 Å². The van der Waals surface area contributed by atoms with Gasteiger partial charge in [-0.3, -0.25) is 0 Å². The zero-order chi connectivity index (χ0) is 11.7. The second-order valence-corrected chi connectivity index (χ2v) is 5.25. The Bertz CT molecular complexity index is 513. The Morgan fingerprint density at radius 2 is 2.41 bits per heavy atom. The van der Waals surface area contributed by atoms with Crippen molar-refractivity contribution < 1.29 is 5.11 Å². The number of hydrogen-bond donors (Lipinski definition) is 1. The van der Waals surface area contributed by atoms with Gasteiger partial charge in [-0.1, -0.05) is 0 Å². The maximum atomic E-state index is 9.11. The number of aliphatic hydroxyl groups is 1. The molecule has 0 spiro atoms. The van der Waals surface area contributed by atoms with Crippen LogP contribution in [-0.2, 0) is 0 Å². The van der Waals surface area contributed by atoms with Crippen LogP contribution in [-0.4, -0.2) is 34.3 Å². The van der Waals surface area contributed by atoms with E-state index < -0.39 is 0 Å². The van der Waals surface area contributed by atoms with E-state index >= 15 is 0 Å². The molecule has 3 heterocycles. The second-order valence-electron chi connectivity index (χ2n) is 4.33. The second kappa shape index (κ2) is 4.58. The lowest BCUT2D eigenvalue weighted by molar-refractivity contribution is 0.275. The molecule has 5 heteroatoms. The molecule has 17 heavy (non-hydrogen) atoms. The molecule has 1 aliphatic heterocycles. The van der Waals surface area contributed by atoms with Crippen molar-refractivity contribution in [2.75, 3.05) is 18.1 Å². The lowest BCUT2D eigenvalue weighted by atomic mass is 10.1. The molecule has 1 atom stereocenters. The van der Waals surface area contributed by atoms with E-state index in [0.717, 1.165) is 35.4 Å². The van der Waals surface area contributed by atoms with E-state index in [0.29, 0.717) is 6.04 Å². The van der Waals surface area contributed by atoms with Gasteiger partial charge in [-0.05, 0) is 30.7 Å². The minimum atomic E-state index is 0.250. The molecule has 2 aromatic rings. The fraction of sp³-hybridized carbons (Fsp3) is 0.500. The quantitative estimate of drug-likeness (QED) is 0.904. The molecular weight excluding hydrogens is 234 g/mol. The summed E-state index contributed by atoms with van der Waals surface area (Å²) in [4.78, 5) is 11.0. The number of rotatable bonds is 3. The van der Waals surface area contributed by atoms with E-state index in [1.165, 1.54) is 6.42 Å². The number of hydrogen-bond acceptors (Lipinski definition) is 5. The van der Waals surface area contributed by atoms with Crippen molar-refractivity contribution in [2.24, 2.45) is 0 Å². The SMILES string of the molecule is OCCC1CCCN1c1ncnc2ccsc12. The van der Waals surface area contributed by atoms with Crippen LogP contribution in [0.1, 0.15) is 19.3 Å². The van der Waals surface area contributed by atoms with Gasteiger partial charge in [0.2, 0.25) is 0 Å². The summed E-state index contributed by atoms with van der Waals surface area (Å²) >= 11 is 1.69. The first-order valence-electron chi connectivity index (χ1n) is 5.96. The third-order valence-corrected chi connectivity index (χ3v) is 4.24. The molecule has 0 amide bonds. The average molecular weight is 249 g/mol. The average Bonchev–Trinajstić information content (AvgIpc) is 2.96. The highest BCUT2D eigenvalue weighted by Gasteiger charge is 2.26. The van der Waals surface area contributed by atoms with Crippen LogP contribution in [0.2, 0.25) is 0 Å². The van der Waals surface area contributed by atoms with E-state index in [2.05, 4.69) is 20.2 Å². The van der Waals surface area contributed by atoms with Crippen LogP contribution in [0.3, 0.4) is 0 Å². The molecular formula is C12H15N3OS. The van der Waals surface area contributed by atoms with Gasteiger partial charge in [-0.2, -0.15) is 0 Å². The van der Waals surface area contributed by atoms with Gasteiger partial charge in [0.1, 0.15) is 12.1 Å².